The number of nitrogens with two attached hydrogens (primary N) is 1. The molecule has 1 aromatic heterocycles. The van der Waals surface area contributed by atoms with Crippen molar-refractivity contribution >= 4 is 40.4 Å². The Balaban J connectivity index is 1.38. The Hall–Kier alpha value is -4.16. The molecule has 3 atom stereocenters. The number of benzene rings is 3. The summed E-state index contributed by atoms with van der Waals surface area (Å²) < 4.78 is 0. The predicted octanol–water partition coefficient (Wildman–Crippen LogP) is 4.09. The highest BCUT2D eigenvalue weighted by Gasteiger charge is 2.36. The zero-order valence-electron chi connectivity index (χ0n) is 28.8. The zero-order valence-corrected chi connectivity index (χ0v) is 29.6. The van der Waals surface area contributed by atoms with Crippen LogP contribution in [-0.4, -0.2) is 72.4 Å². The molecule has 0 radical (unpaired) electrons. The lowest BCUT2D eigenvalue weighted by molar-refractivity contribution is -0.142. The molecule has 1 saturated heterocycles. The normalized spacial score (nSPS) is 21.6. The van der Waals surface area contributed by atoms with Gasteiger partial charge < -0.3 is 36.9 Å². The van der Waals surface area contributed by atoms with Gasteiger partial charge >= 0.3 is 0 Å². The van der Waals surface area contributed by atoms with Gasteiger partial charge in [0.05, 0.1) is 6.04 Å². The molecular weight excluding hydrogens is 647 g/mol. The molecule has 4 aromatic rings. The number of fused-ring (bicyclic) bond motifs is 3. The molecule has 0 aliphatic carbocycles. The van der Waals surface area contributed by atoms with Crippen LogP contribution in [0.15, 0.2) is 88.8 Å². The third kappa shape index (κ3) is 8.58. The summed E-state index contributed by atoms with van der Waals surface area (Å²) in [5.74, 6) is -0.618. The minimum absolute atomic E-state index is 0.108. The van der Waals surface area contributed by atoms with Crippen molar-refractivity contribution in [3.63, 3.8) is 0 Å². The summed E-state index contributed by atoms with van der Waals surface area (Å²) in [6.45, 7) is 2.98. The van der Waals surface area contributed by atoms with Crippen LogP contribution in [0.4, 0.5) is 0 Å². The molecule has 0 bridgehead atoms. The molecule has 1 unspecified atom stereocenters. The Labute approximate surface area is 298 Å². The van der Waals surface area contributed by atoms with Gasteiger partial charge in [-0.25, -0.2) is 0 Å². The number of aromatic amines is 1. The number of hydrogen-bond donors (Lipinski definition) is 6. The summed E-state index contributed by atoms with van der Waals surface area (Å²) in [6, 6.07) is 22.2. The molecule has 6 rings (SSSR count). The number of H-pyrrole nitrogens is 1. The van der Waals surface area contributed by atoms with Gasteiger partial charge in [0.15, 0.2) is 0 Å². The second kappa shape index (κ2) is 17.2. The summed E-state index contributed by atoms with van der Waals surface area (Å²) in [5, 5.41) is 14.4. The first-order valence-corrected chi connectivity index (χ1v) is 18.6. The SMILES string of the molecule is CN1C(=O)[C@H](CCCCN)NC(=O)C(C2CCNCC2)NCc2ccccc2Sc2ccccc2CNC(=O)[C@@H]1Cc1c[nH]c2ccccc12. The molecule has 2 aliphatic rings. The standard InChI is InChI=1S/C39H49N7O3S/c1-46-33(22-29-25-42-31-13-5-4-12-30(29)31)37(47)44-24-28-11-3-7-16-35(28)50-34-15-6-2-10-27(34)23-43-36(26-17-20-41-21-18-26)38(48)45-32(39(46)49)14-8-9-19-40/h2-7,10-13,15-16,25-26,32-33,36,41-43H,8-9,14,17-24,40H2,1H3,(H,44,47)(H,45,48)/t32-,33-,36?/m0/s1. The molecule has 1 fully saturated rings. The van der Waals surface area contributed by atoms with Crippen molar-refractivity contribution in [3.05, 3.63) is 95.7 Å². The van der Waals surface area contributed by atoms with E-state index < -0.39 is 18.1 Å². The first kappa shape index (κ1) is 35.7. The van der Waals surface area contributed by atoms with Crippen LogP contribution < -0.4 is 27.0 Å². The number of hydrogen-bond acceptors (Lipinski definition) is 7. The fraction of sp³-hybridized carbons (Fsp3) is 0.410. The lowest BCUT2D eigenvalue weighted by Crippen LogP contribution is -2.58. The van der Waals surface area contributed by atoms with E-state index >= 15 is 0 Å². The lowest BCUT2D eigenvalue weighted by Gasteiger charge is -2.34. The quantitative estimate of drug-likeness (QED) is 0.160. The summed E-state index contributed by atoms with van der Waals surface area (Å²) in [7, 11) is 1.68. The molecule has 3 amide bonds. The van der Waals surface area contributed by atoms with Crippen LogP contribution in [0.3, 0.4) is 0 Å². The third-order valence-corrected chi connectivity index (χ3v) is 11.3. The Morgan fingerprint density at radius 1 is 0.840 bits per heavy atom. The maximum Gasteiger partial charge on any atom is 0.245 e. The molecule has 0 saturated carbocycles. The van der Waals surface area contributed by atoms with Crippen molar-refractivity contribution in [2.24, 2.45) is 11.7 Å². The maximum atomic E-state index is 14.5. The van der Waals surface area contributed by atoms with Crippen LogP contribution in [0.2, 0.25) is 0 Å². The number of unbranched alkanes of at least 4 members (excludes halogenated alkanes) is 1. The highest BCUT2D eigenvalue weighted by Crippen LogP contribution is 2.33. The van der Waals surface area contributed by atoms with E-state index in [1.54, 1.807) is 18.8 Å². The van der Waals surface area contributed by atoms with Crippen LogP contribution in [0.5, 0.6) is 0 Å². The van der Waals surface area contributed by atoms with Crippen molar-refractivity contribution in [3.8, 4) is 0 Å². The smallest absolute Gasteiger partial charge is 0.245 e. The van der Waals surface area contributed by atoms with Crippen molar-refractivity contribution in [1.82, 2.24) is 31.2 Å². The van der Waals surface area contributed by atoms with Crippen molar-refractivity contribution < 1.29 is 14.4 Å². The number of para-hydroxylation sites is 1. The Morgan fingerprint density at radius 2 is 1.52 bits per heavy atom. The minimum Gasteiger partial charge on any atom is -0.361 e. The number of carbonyl (C=O) groups excluding carboxylic acids is 3. The molecular formula is C39H49N7O3S. The van der Waals surface area contributed by atoms with Crippen LogP contribution in [0.25, 0.3) is 10.9 Å². The van der Waals surface area contributed by atoms with Crippen molar-refractivity contribution in [2.45, 2.75) is 79.5 Å². The number of aromatic nitrogens is 1. The fourth-order valence-electron chi connectivity index (χ4n) is 7.11. The van der Waals surface area contributed by atoms with Gasteiger partial charge in [-0.15, -0.1) is 0 Å². The Morgan fingerprint density at radius 3 is 2.26 bits per heavy atom. The van der Waals surface area contributed by atoms with Crippen LogP contribution in [-0.2, 0) is 33.9 Å². The minimum atomic E-state index is -0.815. The van der Waals surface area contributed by atoms with Crippen LogP contribution in [0.1, 0.15) is 48.8 Å². The van der Waals surface area contributed by atoms with E-state index in [1.165, 1.54) is 4.90 Å². The molecule has 11 heteroatoms. The van der Waals surface area contributed by atoms with Gasteiger partial charge in [0, 0.05) is 53.4 Å². The first-order valence-electron chi connectivity index (χ1n) is 17.8. The van der Waals surface area contributed by atoms with Gasteiger partial charge in [-0.1, -0.05) is 66.4 Å². The van der Waals surface area contributed by atoms with Crippen molar-refractivity contribution in [2.75, 3.05) is 26.7 Å². The molecule has 3 aromatic carbocycles. The molecule has 10 nitrogen and oxygen atoms in total. The van der Waals surface area contributed by atoms with E-state index in [1.807, 2.05) is 60.8 Å². The largest absolute Gasteiger partial charge is 0.361 e. The molecule has 50 heavy (non-hydrogen) atoms. The maximum absolute atomic E-state index is 14.5. The number of piperidine rings is 1. The predicted molar refractivity (Wildman–Crippen MR) is 198 cm³/mol. The monoisotopic (exact) mass is 695 g/mol. The average Bonchev–Trinajstić information content (AvgIpc) is 3.56. The van der Waals surface area contributed by atoms with E-state index in [2.05, 4.69) is 44.5 Å². The molecule has 2 aliphatic heterocycles. The lowest BCUT2D eigenvalue weighted by atomic mass is 9.89. The van der Waals surface area contributed by atoms with Gasteiger partial charge in [-0.2, -0.15) is 0 Å². The first-order chi connectivity index (χ1) is 24.4. The molecule has 3 heterocycles. The fourth-order valence-corrected chi connectivity index (χ4v) is 8.19. The second-order valence-electron chi connectivity index (χ2n) is 13.4. The van der Waals surface area contributed by atoms with Gasteiger partial charge in [-0.3, -0.25) is 14.4 Å². The van der Waals surface area contributed by atoms with Gasteiger partial charge in [0.25, 0.3) is 0 Å². The molecule has 264 valence electrons. The molecule has 0 spiro atoms. The van der Waals surface area contributed by atoms with E-state index in [9.17, 15) is 14.4 Å². The molecule has 7 N–H and O–H groups in total. The average molecular weight is 696 g/mol. The van der Waals surface area contributed by atoms with Crippen LogP contribution in [0, 0.1) is 5.92 Å². The second-order valence-corrected chi connectivity index (χ2v) is 14.4. The van der Waals surface area contributed by atoms with Gasteiger partial charge in [-0.05, 0) is 92.5 Å². The summed E-state index contributed by atoms with van der Waals surface area (Å²) in [4.78, 5) is 50.0. The Bertz CT molecular complexity index is 1770. The van der Waals surface area contributed by atoms with Crippen molar-refractivity contribution in [1.29, 1.82) is 0 Å². The third-order valence-electron chi connectivity index (χ3n) is 10.0. The number of likely N-dealkylation sites (N-methyl/N-ethyl adjacent to an activating group) is 1. The van der Waals surface area contributed by atoms with E-state index in [0.717, 1.165) is 69.7 Å². The number of nitrogens with zero attached hydrogens (tertiary/aromatic N) is 1. The summed E-state index contributed by atoms with van der Waals surface area (Å²) in [5.41, 5.74) is 9.83. The van der Waals surface area contributed by atoms with E-state index in [0.29, 0.717) is 38.9 Å². The Kier molecular flexibility index (Phi) is 12.2. The zero-order chi connectivity index (χ0) is 34.9. The van der Waals surface area contributed by atoms with E-state index in [-0.39, 0.29) is 23.6 Å². The number of rotatable bonds is 7. The topological polar surface area (TPSA) is 144 Å². The highest BCUT2D eigenvalue weighted by molar-refractivity contribution is 7.99. The number of nitrogens with one attached hydrogen (secondary N) is 5. The van der Waals surface area contributed by atoms with Crippen LogP contribution >= 0.6 is 11.8 Å². The van der Waals surface area contributed by atoms with Gasteiger partial charge in [0.2, 0.25) is 17.7 Å². The van der Waals surface area contributed by atoms with E-state index in [4.69, 9.17) is 5.73 Å². The van der Waals surface area contributed by atoms with Gasteiger partial charge in [0.1, 0.15) is 12.1 Å². The number of carbonyl (C=O) groups is 3. The number of amides is 3. The highest BCUT2D eigenvalue weighted by atomic mass is 32.2. The summed E-state index contributed by atoms with van der Waals surface area (Å²) >= 11 is 1.66. The summed E-state index contributed by atoms with van der Waals surface area (Å²) in [6.07, 6.45) is 5.77.